The van der Waals surface area contributed by atoms with Gasteiger partial charge in [-0.2, -0.15) is 0 Å². The van der Waals surface area contributed by atoms with Gasteiger partial charge < -0.3 is 9.73 Å². The number of halogens is 1. The number of nitrogens with zero attached hydrogens (tertiary/aromatic N) is 2. The molecular weight excluding hydrogens is 434 g/mol. The summed E-state index contributed by atoms with van der Waals surface area (Å²) in [6.45, 7) is 0. The highest BCUT2D eigenvalue weighted by Crippen LogP contribution is 2.61. The normalized spacial score (nSPS) is 28.6. The van der Waals surface area contributed by atoms with E-state index in [1.54, 1.807) is 0 Å². The Hall–Kier alpha value is -2.66. The van der Waals surface area contributed by atoms with E-state index in [1.807, 2.05) is 54.6 Å². The highest BCUT2D eigenvalue weighted by atomic mass is 35.5. The minimum absolute atomic E-state index is 0.0661. The molecule has 0 spiro atoms. The van der Waals surface area contributed by atoms with Crippen LogP contribution in [0, 0.1) is 23.2 Å². The van der Waals surface area contributed by atoms with E-state index < -0.39 is 6.04 Å². The van der Waals surface area contributed by atoms with E-state index in [1.165, 1.54) is 38.5 Å². The quantitative estimate of drug-likeness (QED) is 0.474. The van der Waals surface area contributed by atoms with Crippen LogP contribution in [-0.2, 0) is 4.79 Å². The van der Waals surface area contributed by atoms with Crippen LogP contribution in [0.2, 0.25) is 5.02 Å². The number of nitrogens with one attached hydrogen (secondary N) is 1. The van der Waals surface area contributed by atoms with E-state index in [-0.39, 0.29) is 11.3 Å². The van der Waals surface area contributed by atoms with Gasteiger partial charge in [-0.25, -0.2) is 0 Å². The predicted molar refractivity (Wildman–Crippen MR) is 126 cm³/mol. The van der Waals surface area contributed by atoms with E-state index in [4.69, 9.17) is 16.0 Å². The van der Waals surface area contributed by atoms with Gasteiger partial charge in [-0.3, -0.25) is 4.79 Å². The van der Waals surface area contributed by atoms with E-state index in [2.05, 4.69) is 15.5 Å². The summed E-state index contributed by atoms with van der Waals surface area (Å²) in [4.78, 5) is 13.4. The Morgan fingerprint density at radius 1 is 0.970 bits per heavy atom. The number of carbonyl (C=O) groups is 1. The molecule has 0 aliphatic heterocycles. The summed E-state index contributed by atoms with van der Waals surface area (Å²) >= 11 is 6.12. The molecule has 6 heteroatoms. The van der Waals surface area contributed by atoms with Crippen molar-refractivity contribution in [1.82, 2.24) is 15.5 Å². The highest BCUT2D eigenvalue weighted by Gasteiger charge is 2.51. The molecule has 4 bridgehead atoms. The van der Waals surface area contributed by atoms with Gasteiger partial charge in [0, 0.05) is 17.0 Å². The highest BCUT2D eigenvalue weighted by molar-refractivity contribution is 6.30. The lowest BCUT2D eigenvalue weighted by Gasteiger charge is -2.56. The third kappa shape index (κ3) is 4.19. The molecule has 1 atom stereocenters. The molecule has 1 aromatic heterocycles. The van der Waals surface area contributed by atoms with Crippen molar-refractivity contribution in [2.24, 2.45) is 23.2 Å². The number of rotatable bonds is 6. The maximum absolute atomic E-state index is 13.4. The molecule has 0 saturated heterocycles. The number of hydrogen-bond acceptors (Lipinski definition) is 4. The third-order valence-corrected chi connectivity index (χ3v) is 8.17. The zero-order chi connectivity index (χ0) is 22.4. The molecule has 33 heavy (non-hydrogen) atoms. The summed E-state index contributed by atoms with van der Waals surface area (Å²) in [5.74, 6) is 3.35. The number of carbonyl (C=O) groups excluding carboxylic acids is 1. The maximum Gasteiger partial charge on any atom is 0.247 e. The summed E-state index contributed by atoms with van der Waals surface area (Å²) < 4.78 is 6.04. The van der Waals surface area contributed by atoms with Crippen molar-refractivity contribution in [3.63, 3.8) is 0 Å². The van der Waals surface area contributed by atoms with Crippen molar-refractivity contribution in [2.75, 3.05) is 0 Å². The SMILES string of the molecule is O=C(CC12CC3CC(CC(C3)C1)C2)NC(c1ccc(Cl)cc1)c1nnc(-c2ccccc2)o1. The summed E-state index contributed by atoms with van der Waals surface area (Å²) in [6, 6.07) is 16.6. The molecule has 1 N–H and O–H groups in total. The van der Waals surface area contributed by atoms with Crippen molar-refractivity contribution in [2.45, 2.75) is 51.0 Å². The Balaban J connectivity index is 1.25. The van der Waals surface area contributed by atoms with Gasteiger partial charge in [0.2, 0.25) is 17.7 Å². The fraction of sp³-hybridized carbons (Fsp3) is 0.444. The molecule has 170 valence electrons. The van der Waals surface area contributed by atoms with E-state index in [9.17, 15) is 4.79 Å². The second-order valence-corrected chi connectivity index (χ2v) is 10.9. The Morgan fingerprint density at radius 2 is 1.61 bits per heavy atom. The monoisotopic (exact) mass is 461 g/mol. The Morgan fingerprint density at radius 3 is 2.24 bits per heavy atom. The average molecular weight is 462 g/mol. The smallest absolute Gasteiger partial charge is 0.247 e. The molecule has 3 aromatic rings. The third-order valence-electron chi connectivity index (χ3n) is 7.92. The molecule has 1 unspecified atom stereocenters. The molecular formula is C27H28ClN3O2. The first kappa shape index (κ1) is 20.9. The summed E-state index contributed by atoms with van der Waals surface area (Å²) in [5, 5.41) is 12.4. The van der Waals surface area contributed by atoms with Gasteiger partial charge in [0.05, 0.1) is 0 Å². The fourth-order valence-corrected chi connectivity index (χ4v) is 7.18. The lowest BCUT2D eigenvalue weighted by Crippen LogP contribution is -2.48. The van der Waals surface area contributed by atoms with Crippen LogP contribution in [0.1, 0.15) is 62.4 Å². The first-order valence-electron chi connectivity index (χ1n) is 12.0. The topological polar surface area (TPSA) is 68.0 Å². The molecule has 1 amide bonds. The number of hydrogen-bond donors (Lipinski definition) is 1. The number of benzene rings is 2. The van der Waals surface area contributed by atoms with E-state index >= 15 is 0 Å². The van der Waals surface area contributed by atoms with Gasteiger partial charge >= 0.3 is 0 Å². The summed E-state index contributed by atoms with van der Waals surface area (Å²) in [7, 11) is 0. The molecule has 4 aliphatic rings. The van der Waals surface area contributed by atoms with Gasteiger partial charge in [0.1, 0.15) is 6.04 Å². The second-order valence-electron chi connectivity index (χ2n) is 10.5. The molecule has 0 radical (unpaired) electrons. The van der Waals surface area contributed by atoms with Crippen molar-refractivity contribution < 1.29 is 9.21 Å². The van der Waals surface area contributed by atoms with Gasteiger partial charge in [-0.1, -0.05) is 41.9 Å². The van der Waals surface area contributed by atoms with Gasteiger partial charge in [-0.15, -0.1) is 10.2 Å². The minimum Gasteiger partial charge on any atom is -0.418 e. The van der Waals surface area contributed by atoms with E-state index in [0.717, 1.165) is 28.9 Å². The fourth-order valence-electron chi connectivity index (χ4n) is 7.05. The van der Waals surface area contributed by atoms with Crippen LogP contribution in [0.25, 0.3) is 11.5 Å². The van der Waals surface area contributed by atoms with Gasteiger partial charge in [-0.05, 0) is 91.5 Å². The standard InChI is InChI=1S/C27H28ClN3O2/c28-22-8-6-20(7-9-22)24(26-31-30-25(33-26)21-4-2-1-3-5-21)29-23(32)16-27-13-17-10-18(14-27)12-19(11-17)15-27/h1-9,17-19,24H,10-16H2,(H,29,32). The van der Waals surface area contributed by atoms with Gasteiger partial charge in [0.15, 0.2) is 0 Å². The Labute approximate surface area is 198 Å². The predicted octanol–water partition coefficient (Wildman–Crippen LogP) is 6.20. The first-order valence-corrected chi connectivity index (χ1v) is 12.4. The number of amides is 1. The van der Waals surface area contributed by atoms with E-state index in [0.29, 0.717) is 23.2 Å². The molecule has 4 fully saturated rings. The molecule has 4 aliphatic carbocycles. The van der Waals surface area contributed by atoms with Crippen molar-refractivity contribution in [3.8, 4) is 11.5 Å². The maximum atomic E-state index is 13.4. The van der Waals surface area contributed by atoms with Crippen LogP contribution >= 0.6 is 11.6 Å². The molecule has 7 rings (SSSR count). The Bertz CT molecular complexity index is 1110. The lowest BCUT2D eigenvalue weighted by molar-refractivity contribution is -0.130. The summed E-state index contributed by atoms with van der Waals surface area (Å²) in [5.41, 5.74) is 1.90. The summed E-state index contributed by atoms with van der Waals surface area (Å²) in [6.07, 6.45) is 8.32. The molecule has 2 aromatic carbocycles. The molecule has 4 saturated carbocycles. The van der Waals surface area contributed by atoms with Crippen LogP contribution in [-0.4, -0.2) is 16.1 Å². The van der Waals surface area contributed by atoms with Crippen LogP contribution in [0.4, 0.5) is 0 Å². The van der Waals surface area contributed by atoms with Crippen LogP contribution < -0.4 is 5.32 Å². The number of aromatic nitrogens is 2. The second kappa shape index (κ2) is 8.28. The first-order chi connectivity index (χ1) is 16.1. The van der Waals surface area contributed by atoms with Crippen molar-refractivity contribution >= 4 is 17.5 Å². The Kier molecular flexibility index (Phi) is 5.25. The average Bonchev–Trinajstić information content (AvgIpc) is 3.28. The van der Waals surface area contributed by atoms with Crippen molar-refractivity contribution in [3.05, 3.63) is 71.1 Å². The lowest BCUT2D eigenvalue weighted by atomic mass is 9.49. The van der Waals surface area contributed by atoms with Gasteiger partial charge in [0.25, 0.3) is 0 Å². The molecule has 5 nitrogen and oxygen atoms in total. The zero-order valence-corrected chi connectivity index (χ0v) is 19.3. The molecule has 1 heterocycles. The zero-order valence-electron chi connectivity index (χ0n) is 18.5. The van der Waals surface area contributed by atoms with Crippen molar-refractivity contribution in [1.29, 1.82) is 0 Å². The largest absolute Gasteiger partial charge is 0.418 e. The van der Waals surface area contributed by atoms with Crippen LogP contribution in [0.15, 0.2) is 59.0 Å². The van der Waals surface area contributed by atoms with Crippen LogP contribution in [0.3, 0.4) is 0 Å². The van der Waals surface area contributed by atoms with Crippen LogP contribution in [0.5, 0.6) is 0 Å². The minimum atomic E-state index is -0.506.